The van der Waals surface area contributed by atoms with E-state index in [1.165, 1.54) is 77.7 Å². The van der Waals surface area contributed by atoms with Crippen LogP contribution in [0.25, 0.3) is 0 Å². The molecule has 0 radical (unpaired) electrons. The minimum absolute atomic E-state index is 0.912. The lowest BCUT2D eigenvalue weighted by Crippen LogP contribution is -2.45. The van der Waals surface area contributed by atoms with Crippen molar-refractivity contribution < 1.29 is 46.1 Å². The van der Waals surface area contributed by atoms with Gasteiger partial charge in [0.1, 0.15) is 0 Å². The van der Waals surface area contributed by atoms with Gasteiger partial charge in [0.15, 0.2) is 0 Å². The van der Waals surface area contributed by atoms with E-state index in [1.54, 1.807) is 0 Å². The van der Waals surface area contributed by atoms with Gasteiger partial charge in [-0.1, -0.05) is 12.2 Å². The van der Waals surface area contributed by atoms with Gasteiger partial charge in [0.25, 0.3) is 0 Å². The highest BCUT2D eigenvalue weighted by molar-refractivity contribution is 5.73. The van der Waals surface area contributed by atoms with Crippen LogP contribution in [0, 0.1) is 5.92 Å². The van der Waals surface area contributed by atoms with Crippen molar-refractivity contribution in [3.63, 3.8) is 0 Å². The molecule has 0 bridgehead atoms. The molecule has 32 heavy (non-hydrogen) atoms. The normalized spacial score (nSPS) is 23.0. The molecule has 2 saturated heterocycles. The predicted octanol–water partition coefficient (Wildman–Crippen LogP) is 4.17. The number of aliphatic carboxylic acids is 2. The molecule has 186 valence electrons. The maximum Gasteiger partial charge on any atom is 0.490 e. The summed E-state index contributed by atoms with van der Waals surface area (Å²) in [7, 11) is 0. The van der Waals surface area contributed by atoms with Crippen molar-refractivity contribution in [3.8, 4) is 0 Å². The van der Waals surface area contributed by atoms with Crippen LogP contribution in [0.3, 0.4) is 0 Å². The Balaban J connectivity index is 0.000000305. The number of hydrogen-bond acceptors (Lipinski definition) is 4. The molecule has 3 rings (SSSR count). The van der Waals surface area contributed by atoms with Crippen molar-refractivity contribution in [2.45, 2.75) is 63.3 Å². The molecule has 1 atom stereocenters. The highest BCUT2D eigenvalue weighted by Crippen LogP contribution is 2.24. The summed E-state index contributed by atoms with van der Waals surface area (Å²) < 4.78 is 63.5. The molecule has 2 fully saturated rings. The molecule has 2 heterocycles. The SMILES string of the molecule is C1=CCC(CN2CCC(N3CCCC3)CC2)CC1.O=C(O)C(F)(F)F.O=C(O)C(F)(F)F. The summed E-state index contributed by atoms with van der Waals surface area (Å²) in [6, 6.07) is 0.912. The molecule has 0 amide bonds. The average molecular weight is 476 g/mol. The monoisotopic (exact) mass is 476 g/mol. The lowest BCUT2D eigenvalue weighted by atomic mass is 9.93. The van der Waals surface area contributed by atoms with E-state index < -0.39 is 24.3 Å². The first-order valence-corrected chi connectivity index (χ1v) is 10.5. The largest absolute Gasteiger partial charge is 0.490 e. The zero-order valence-electron chi connectivity index (χ0n) is 17.7. The summed E-state index contributed by atoms with van der Waals surface area (Å²) >= 11 is 0. The molecule has 2 N–H and O–H groups in total. The lowest BCUT2D eigenvalue weighted by molar-refractivity contribution is -0.193. The molecule has 1 aliphatic carbocycles. The van der Waals surface area contributed by atoms with E-state index in [9.17, 15) is 26.3 Å². The second-order valence-electron chi connectivity index (χ2n) is 8.03. The number of carboxylic acids is 2. The summed E-state index contributed by atoms with van der Waals surface area (Å²) in [6.45, 7) is 6.80. The molecule has 2 aliphatic heterocycles. The van der Waals surface area contributed by atoms with E-state index in [-0.39, 0.29) is 0 Å². The van der Waals surface area contributed by atoms with Gasteiger partial charge in [-0.05, 0) is 77.0 Å². The lowest BCUT2D eigenvalue weighted by Gasteiger charge is -2.38. The molecule has 3 aliphatic rings. The highest BCUT2D eigenvalue weighted by Gasteiger charge is 2.38. The van der Waals surface area contributed by atoms with Gasteiger partial charge in [0.2, 0.25) is 0 Å². The fourth-order valence-corrected chi connectivity index (χ4v) is 3.96. The van der Waals surface area contributed by atoms with E-state index in [1.807, 2.05) is 0 Å². The number of carboxylic acid groups (broad SMARTS) is 2. The van der Waals surface area contributed by atoms with Gasteiger partial charge in [-0.15, -0.1) is 0 Å². The molecule has 0 aromatic rings. The van der Waals surface area contributed by atoms with E-state index in [0.29, 0.717) is 0 Å². The van der Waals surface area contributed by atoms with Crippen molar-refractivity contribution in [3.05, 3.63) is 12.2 Å². The van der Waals surface area contributed by atoms with Crippen LogP contribution in [-0.2, 0) is 9.59 Å². The van der Waals surface area contributed by atoms with Gasteiger partial charge in [0, 0.05) is 12.6 Å². The second kappa shape index (κ2) is 13.0. The number of piperidine rings is 1. The van der Waals surface area contributed by atoms with Crippen LogP contribution in [0.15, 0.2) is 12.2 Å². The van der Waals surface area contributed by atoms with Gasteiger partial charge >= 0.3 is 24.3 Å². The van der Waals surface area contributed by atoms with Crippen molar-refractivity contribution in [1.82, 2.24) is 9.80 Å². The van der Waals surface area contributed by atoms with E-state index in [0.717, 1.165) is 12.0 Å². The summed E-state index contributed by atoms with van der Waals surface area (Å²) in [5.74, 6) is -4.57. The molecule has 0 saturated carbocycles. The third-order valence-corrected chi connectivity index (χ3v) is 5.59. The third-order valence-electron chi connectivity index (χ3n) is 5.59. The summed E-state index contributed by atoms with van der Waals surface area (Å²) in [5, 5.41) is 14.2. The Kier molecular flexibility index (Phi) is 11.5. The van der Waals surface area contributed by atoms with Gasteiger partial charge in [-0.25, -0.2) is 9.59 Å². The van der Waals surface area contributed by atoms with Crippen LogP contribution in [-0.4, -0.2) is 83.1 Å². The summed E-state index contributed by atoms with van der Waals surface area (Å²) in [4.78, 5) is 23.3. The number of halogens is 6. The number of likely N-dealkylation sites (tertiary alicyclic amines) is 2. The first kappa shape index (κ1) is 28.2. The number of hydrogen-bond donors (Lipinski definition) is 2. The molecule has 6 nitrogen and oxygen atoms in total. The van der Waals surface area contributed by atoms with Crippen LogP contribution in [0.5, 0.6) is 0 Å². The zero-order valence-corrected chi connectivity index (χ0v) is 17.7. The van der Waals surface area contributed by atoms with Crippen LogP contribution < -0.4 is 0 Å². The maximum atomic E-state index is 10.6. The van der Waals surface area contributed by atoms with Crippen molar-refractivity contribution in [2.24, 2.45) is 5.92 Å². The number of rotatable bonds is 3. The summed E-state index contributed by atoms with van der Waals surface area (Å²) in [6.07, 6.45) is 4.36. The highest BCUT2D eigenvalue weighted by atomic mass is 19.4. The van der Waals surface area contributed by atoms with Crippen molar-refractivity contribution in [1.29, 1.82) is 0 Å². The van der Waals surface area contributed by atoms with E-state index >= 15 is 0 Å². The fraction of sp³-hybridized carbons (Fsp3) is 0.800. The van der Waals surface area contributed by atoms with Crippen molar-refractivity contribution in [2.75, 3.05) is 32.7 Å². The molecular formula is C20H30F6N2O4. The number of carbonyl (C=O) groups is 2. The van der Waals surface area contributed by atoms with Crippen LogP contribution in [0.4, 0.5) is 26.3 Å². The van der Waals surface area contributed by atoms with Crippen molar-refractivity contribution >= 4 is 11.9 Å². The molecule has 0 aromatic heterocycles. The standard InChI is InChI=1S/C16H28N2.2C2HF3O2/c1-2-6-15(7-3-1)14-17-12-8-16(9-13-17)18-10-4-5-11-18;2*3-2(4,5)1(6)7/h1-2,15-16H,3-14H2;2*(H,6,7). The van der Waals surface area contributed by atoms with Gasteiger partial charge in [0.05, 0.1) is 0 Å². The van der Waals surface area contributed by atoms with Crippen LogP contribution >= 0.6 is 0 Å². The van der Waals surface area contributed by atoms with Gasteiger partial charge < -0.3 is 20.0 Å². The van der Waals surface area contributed by atoms with Crippen LogP contribution in [0.1, 0.15) is 44.9 Å². The van der Waals surface area contributed by atoms with Crippen LogP contribution in [0.2, 0.25) is 0 Å². The number of allylic oxidation sites excluding steroid dienone is 2. The van der Waals surface area contributed by atoms with E-state index in [4.69, 9.17) is 19.8 Å². The minimum atomic E-state index is -5.08. The zero-order chi connectivity index (χ0) is 24.4. The quantitative estimate of drug-likeness (QED) is 0.470. The van der Waals surface area contributed by atoms with E-state index in [2.05, 4.69) is 22.0 Å². The molecule has 0 aromatic carbocycles. The first-order valence-electron chi connectivity index (χ1n) is 10.5. The topological polar surface area (TPSA) is 81.1 Å². The molecule has 12 heteroatoms. The third kappa shape index (κ3) is 11.2. The van der Waals surface area contributed by atoms with Gasteiger partial charge in [-0.3, -0.25) is 0 Å². The minimum Gasteiger partial charge on any atom is -0.475 e. The molecular weight excluding hydrogens is 446 g/mol. The number of nitrogens with zero attached hydrogens (tertiary/aromatic N) is 2. The Morgan fingerprint density at radius 1 is 0.812 bits per heavy atom. The second-order valence-corrected chi connectivity index (χ2v) is 8.03. The molecule has 1 unspecified atom stereocenters. The smallest absolute Gasteiger partial charge is 0.475 e. The fourth-order valence-electron chi connectivity index (χ4n) is 3.96. The first-order chi connectivity index (χ1) is 14.8. The maximum absolute atomic E-state index is 10.6. The number of alkyl halides is 6. The Bertz CT molecular complexity index is 586. The summed E-state index contributed by atoms with van der Waals surface area (Å²) in [5.41, 5.74) is 0. The predicted molar refractivity (Wildman–Crippen MR) is 104 cm³/mol. The van der Waals surface area contributed by atoms with Gasteiger partial charge in [-0.2, -0.15) is 26.3 Å². The Labute approximate surface area is 182 Å². The Hall–Kier alpha value is -1.82. The molecule has 0 spiro atoms. The Morgan fingerprint density at radius 3 is 1.66 bits per heavy atom. The Morgan fingerprint density at radius 2 is 1.28 bits per heavy atom. The average Bonchev–Trinajstić information content (AvgIpc) is 3.24.